The molecule has 3 aliphatic rings. The molecule has 0 amide bonds. The maximum absolute atomic E-state index is 13.0. The Morgan fingerprint density at radius 3 is 2.09 bits per heavy atom. The molecule has 23 heavy (non-hydrogen) atoms. The van der Waals surface area contributed by atoms with Crippen LogP contribution >= 0.6 is 0 Å². The number of sulfone groups is 1. The summed E-state index contributed by atoms with van der Waals surface area (Å²) in [7, 11) is -4.02. The minimum Gasteiger partial charge on any atom is -0.289 e. The van der Waals surface area contributed by atoms with E-state index in [-0.39, 0.29) is 4.90 Å². The van der Waals surface area contributed by atoms with Gasteiger partial charge in [0.1, 0.15) is 0 Å². The van der Waals surface area contributed by atoms with Crippen molar-refractivity contribution in [1.29, 1.82) is 0 Å². The van der Waals surface area contributed by atoms with Crippen LogP contribution in [-0.4, -0.2) is 25.6 Å². The standard InChI is InChI=1S/C16H15F3O3S/c17-16(18,19)15(20)13-10-6-8-11(9-7-10)14(13)23(21,22)12-4-2-1-3-5-12/h1-6,8,10-11,13-14H,7,9H2/t10-,11+,13+,14+/m0/s1. The van der Waals surface area contributed by atoms with Crippen molar-refractivity contribution in [2.45, 2.75) is 29.2 Å². The van der Waals surface area contributed by atoms with Crippen molar-refractivity contribution in [3.63, 3.8) is 0 Å². The van der Waals surface area contributed by atoms with Crippen molar-refractivity contribution in [2.24, 2.45) is 17.8 Å². The lowest BCUT2D eigenvalue weighted by Crippen LogP contribution is -2.52. The number of ketones is 1. The first kappa shape index (κ1) is 16.2. The molecule has 4 atom stereocenters. The van der Waals surface area contributed by atoms with Gasteiger partial charge in [-0.1, -0.05) is 30.4 Å². The van der Waals surface area contributed by atoms with Gasteiger partial charge in [-0.05, 0) is 36.8 Å². The maximum Gasteiger partial charge on any atom is 0.450 e. The molecule has 7 heteroatoms. The molecule has 124 valence electrons. The van der Waals surface area contributed by atoms with Gasteiger partial charge in [-0.3, -0.25) is 4.79 Å². The molecule has 1 aromatic rings. The first-order valence-electron chi connectivity index (χ1n) is 7.31. The maximum atomic E-state index is 13.0. The number of carbonyl (C=O) groups excluding carboxylic acids is 1. The monoisotopic (exact) mass is 344 g/mol. The summed E-state index contributed by atoms with van der Waals surface area (Å²) in [5.41, 5.74) is 0. The average molecular weight is 344 g/mol. The van der Waals surface area contributed by atoms with Crippen LogP contribution in [0, 0.1) is 17.8 Å². The number of benzene rings is 1. The topological polar surface area (TPSA) is 51.2 Å². The number of fused-ring (bicyclic) bond motifs is 2. The molecule has 3 nitrogen and oxygen atoms in total. The predicted octanol–water partition coefficient (Wildman–Crippen LogP) is 3.17. The van der Waals surface area contributed by atoms with Gasteiger partial charge in [0.25, 0.3) is 0 Å². The molecule has 1 fully saturated rings. The van der Waals surface area contributed by atoms with Crippen molar-refractivity contribution >= 4 is 15.6 Å². The van der Waals surface area contributed by atoms with Gasteiger partial charge in [0, 0.05) is 0 Å². The van der Waals surface area contributed by atoms with Gasteiger partial charge in [-0.2, -0.15) is 13.2 Å². The first-order chi connectivity index (χ1) is 10.7. The van der Waals surface area contributed by atoms with E-state index < -0.39 is 44.8 Å². The molecule has 0 unspecified atom stereocenters. The highest BCUT2D eigenvalue weighted by Gasteiger charge is 2.56. The Labute approximate surface area is 132 Å². The van der Waals surface area contributed by atoms with E-state index >= 15 is 0 Å². The fourth-order valence-electron chi connectivity index (χ4n) is 3.67. The fraction of sp³-hybridized carbons (Fsp3) is 0.438. The Bertz CT molecular complexity index is 738. The summed E-state index contributed by atoms with van der Waals surface area (Å²) in [5.74, 6) is -4.70. The second-order valence-electron chi connectivity index (χ2n) is 6.00. The quantitative estimate of drug-likeness (QED) is 0.792. The van der Waals surface area contributed by atoms with Gasteiger partial charge in [0.2, 0.25) is 5.78 Å². The Balaban J connectivity index is 2.08. The summed E-state index contributed by atoms with van der Waals surface area (Å²) < 4.78 is 64.6. The van der Waals surface area contributed by atoms with Gasteiger partial charge in [0.05, 0.1) is 16.1 Å². The van der Waals surface area contributed by atoms with Crippen LogP contribution in [0.25, 0.3) is 0 Å². The number of rotatable bonds is 3. The number of hydrogen-bond donors (Lipinski definition) is 0. The largest absolute Gasteiger partial charge is 0.450 e. The fourth-order valence-corrected chi connectivity index (χ4v) is 5.92. The number of hydrogen-bond acceptors (Lipinski definition) is 3. The van der Waals surface area contributed by atoms with Crippen LogP contribution in [0.5, 0.6) is 0 Å². The molecule has 0 saturated heterocycles. The number of Topliss-reactive ketones (excluding diaryl/α,β-unsaturated/α-hetero) is 1. The molecule has 4 rings (SSSR count). The molecule has 0 spiro atoms. The van der Waals surface area contributed by atoms with Gasteiger partial charge in [-0.25, -0.2) is 8.42 Å². The minimum absolute atomic E-state index is 0.0362. The molecule has 0 aromatic heterocycles. The normalized spacial score (nSPS) is 30.4. The zero-order chi connectivity index (χ0) is 16.8. The van der Waals surface area contributed by atoms with Crippen LogP contribution in [0.1, 0.15) is 12.8 Å². The minimum atomic E-state index is -5.03. The summed E-state index contributed by atoms with van der Waals surface area (Å²) in [6, 6.07) is 7.38. The zero-order valence-corrected chi connectivity index (χ0v) is 12.8. The third-order valence-corrected chi connectivity index (χ3v) is 6.98. The lowest BCUT2D eigenvalue weighted by Gasteiger charge is -2.43. The highest BCUT2D eigenvalue weighted by atomic mass is 32.2. The Hall–Kier alpha value is -1.63. The van der Waals surface area contributed by atoms with Crippen molar-refractivity contribution in [3.8, 4) is 0 Å². The number of halogens is 3. The van der Waals surface area contributed by atoms with E-state index in [2.05, 4.69) is 0 Å². The van der Waals surface area contributed by atoms with Crippen molar-refractivity contribution in [3.05, 3.63) is 42.5 Å². The molecule has 0 N–H and O–H groups in total. The smallest absolute Gasteiger partial charge is 0.289 e. The summed E-state index contributed by atoms with van der Waals surface area (Å²) >= 11 is 0. The van der Waals surface area contributed by atoms with Crippen LogP contribution < -0.4 is 0 Å². The van der Waals surface area contributed by atoms with Crippen molar-refractivity contribution < 1.29 is 26.4 Å². The Kier molecular flexibility index (Phi) is 3.86. The van der Waals surface area contributed by atoms with Gasteiger partial charge in [0.15, 0.2) is 9.84 Å². The van der Waals surface area contributed by atoms with Crippen LogP contribution in [0.15, 0.2) is 47.4 Å². The van der Waals surface area contributed by atoms with E-state index in [0.29, 0.717) is 12.8 Å². The van der Waals surface area contributed by atoms with E-state index in [1.807, 2.05) is 0 Å². The Morgan fingerprint density at radius 1 is 1.00 bits per heavy atom. The lowest BCUT2D eigenvalue weighted by atomic mass is 9.67. The third-order valence-electron chi connectivity index (χ3n) is 4.69. The SMILES string of the molecule is O=C([C@H]1[C@H](S(=O)(=O)c2ccccc2)[C@@H]2C=C[C@H]1CC2)C(F)(F)F. The number of alkyl halides is 3. The Morgan fingerprint density at radius 2 is 1.57 bits per heavy atom. The third kappa shape index (κ3) is 2.71. The summed E-state index contributed by atoms with van der Waals surface area (Å²) in [4.78, 5) is 11.8. The summed E-state index contributed by atoms with van der Waals surface area (Å²) in [6.45, 7) is 0. The van der Waals surface area contributed by atoms with Crippen LogP contribution in [0.2, 0.25) is 0 Å². The van der Waals surface area contributed by atoms with Crippen LogP contribution in [0.4, 0.5) is 13.2 Å². The molecular formula is C16H15F3O3S. The first-order valence-corrected chi connectivity index (χ1v) is 8.86. The van der Waals surface area contributed by atoms with E-state index in [0.717, 1.165) is 0 Å². The number of carbonyl (C=O) groups is 1. The van der Waals surface area contributed by atoms with E-state index in [9.17, 15) is 26.4 Å². The number of allylic oxidation sites excluding steroid dienone is 2. The predicted molar refractivity (Wildman–Crippen MR) is 77.3 cm³/mol. The molecule has 3 aliphatic carbocycles. The van der Waals surface area contributed by atoms with Crippen molar-refractivity contribution in [1.82, 2.24) is 0 Å². The van der Waals surface area contributed by atoms with E-state index in [4.69, 9.17) is 0 Å². The zero-order valence-electron chi connectivity index (χ0n) is 12.0. The molecular weight excluding hydrogens is 329 g/mol. The van der Waals surface area contributed by atoms with Crippen molar-refractivity contribution in [2.75, 3.05) is 0 Å². The summed E-state index contributed by atoms with van der Waals surface area (Å²) in [5, 5.41) is -1.34. The van der Waals surface area contributed by atoms with Gasteiger partial charge >= 0.3 is 6.18 Å². The summed E-state index contributed by atoms with van der Waals surface area (Å²) in [6.07, 6.45) is -0.909. The lowest BCUT2D eigenvalue weighted by molar-refractivity contribution is -0.178. The molecule has 0 radical (unpaired) electrons. The van der Waals surface area contributed by atoms with E-state index in [1.54, 1.807) is 18.2 Å². The van der Waals surface area contributed by atoms with Gasteiger partial charge in [-0.15, -0.1) is 0 Å². The average Bonchev–Trinajstić information content (AvgIpc) is 2.54. The second kappa shape index (κ2) is 5.47. The molecule has 0 heterocycles. The molecule has 1 saturated carbocycles. The van der Waals surface area contributed by atoms with E-state index in [1.165, 1.54) is 24.3 Å². The van der Waals surface area contributed by atoms with Gasteiger partial charge < -0.3 is 0 Å². The molecule has 1 aromatic carbocycles. The molecule has 2 bridgehead atoms. The molecule has 0 aliphatic heterocycles. The van der Waals surface area contributed by atoms with Crippen LogP contribution in [0.3, 0.4) is 0 Å². The van der Waals surface area contributed by atoms with Crippen LogP contribution in [-0.2, 0) is 14.6 Å². The highest BCUT2D eigenvalue weighted by molar-refractivity contribution is 7.92. The second-order valence-corrected chi connectivity index (χ2v) is 8.11. The highest BCUT2D eigenvalue weighted by Crippen LogP contribution is 2.47.